The van der Waals surface area contributed by atoms with E-state index < -0.39 is 0 Å². The van der Waals surface area contributed by atoms with Gasteiger partial charge >= 0.3 is 7.48 Å². The van der Waals surface area contributed by atoms with Crippen molar-refractivity contribution in [1.82, 2.24) is 4.98 Å². The quantitative estimate of drug-likeness (QED) is 0.765. The fourth-order valence-electron chi connectivity index (χ4n) is 1.28. The molecule has 1 N–H and O–H groups in total. The number of pyridine rings is 1. The number of nitrogens with zero attached hydrogens (tertiary/aromatic N) is 1. The van der Waals surface area contributed by atoms with Crippen LogP contribution in [0, 0.1) is 0 Å². The highest BCUT2D eigenvalue weighted by Gasteiger charge is 1.98. The molecule has 16 heavy (non-hydrogen) atoms. The van der Waals surface area contributed by atoms with Crippen molar-refractivity contribution < 1.29 is 9.76 Å². The smallest absolute Gasteiger partial charge is 0.328 e. The van der Waals surface area contributed by atoms with Gasteiger partial charge in [-0.2, -0.15) is 0 Å². The second-order valence-corrected chi connectivity index (χ2v) is 3.33. The number of ether oxygens (including phenoxy) is 1. The molecule has 0 aliphatic heterocycles. The Balaban J connectivity index is 1.94. The van der Waals surface area contributed by atoms with E-state index in [-0.39, 0.29) is 0 Å². The Hall–Kier alpha value is -1.81. The number of rotatable bonds is 4. The van der Waals surface area contributed by atoms with Crippen LogP contribution < -0.4 is 10.2 Å². The first kappa shape index (κ1) is 10.7. The fraction of sp³-hybridized carbons (Fsp3) is 0.0833. The van der Waals surface area contributed by atoms with Gasteiger partial charge in [-0.15, -0.1) is 0 Å². The molecule has 1 radical (unpaired) electrons. The van der Waals surface area contributed by atoms with E-state index in [1.54, 1.807) is 18.3 Å². The van der Waals surface area contributed by atoms with E-state index in [0.29, 0.717) is 17.9 Å². The van der Waals surface area contributed by atoms with E-state index in [0.717, 1.165) is 13.0 Å². The van der Waals surface area contributed by atoms with Gasteiger partial charge in [0.2, 0.25) is 5.88 Å². The van der Waals surface area contributed by atoms with Gasteiger partial charge < -0.3 is 9.76 Å². The van der Waals surface area contributed by atoms with Gasteiger partial charge in [0.05, 0.1) is 0 Å². The van der Waals surface area contributed by atoms with Crippen LogP contribution in [0.3, 0.4) is 0 Å². The van der Waals surface area contributed by atoms with Crippen molar-refractivity contribution in [2.24, 2.45) is 0 Å². The minimum absolute atomic E-state index is 0.496. The van der Waals surface area contributed by atoms with Crippen LogP contribution >= 0.6 is 0 Å². The summed E-state index contributed by atoms with van der Waals surface area (Å²) in [6.45, 7) is 0.496. The molecule has 0 spiro atoms. The fourth-order valence-corrected chi connectivity index (χ4v) is 1.28. The summed E-state index contributed by atoms with van der Waals surface area (Å²) in [6.07, 6.45) is 1.56. The van der Waals surface area contributed by atoms with Crippen molar-refractivity contribution in [3.63, 3.8) is 0 Å². The van der Waals surface area contributed by atoms with Crippen LogP contribution in [0.15, 0.2) is 48.7 Å². The van der Waals surface area contributed by atoms with Gasteiger partial charge in [-0.1, -0.05) is 36.4 Å². The Kier molecular flexibility index (Phi) is 3.56. The molecule has 0 amide bonds. The largest absolute Gasteiger partial charge is 0.473 e. The van der Waals surface area contributed by atoms with Crippen LogP contribution in [0.2, 0.25) is 0 Å². The molecule has 1 heterocycles. The third-order valence-electron chi connectivity index (χ3n) is 2.14. The van der Waals surface area contributed by atoms with E-state index in [9.17, 15) is 0 Å². The highest BCUT2D eigenvalue weighted by Crippen LogP contribution is 2.06. The highest BCUT2D eigenvalue weighted by atomic mass is 16.5. The van der Waals surface area contributed by atoms with Crippen molar-refractivity contribution in [2.45, 2.75) is 6.61 Å². The predicted octanol–water partition coefficient (Wildman–Crippen LogP) is 0.897. The summed E-state index contributed by atoms with van der Waals surface area (Å²) in [4.78, 5) is 4.05. The van der Waals surface area contributed by atoms with E-state index in [4.69, 9.17) is 9.76 Å². The molecule has 0 bridgehead atoms. The molecule has 0 fully saturated rings. The first-order valence-electron chi connectivity index (χ1n) is 4.99. The summed E-state index contributed by atoms with van der Waals surface area (Å²) >= 11 is 0. The van der Waals surface area contributed by atoms with Crippen LogP contribution in [0.25, 0.3) is 0 Å². The molecular weight excluding hydrogens is 201 g/mol. The van der Waals surface area contributed by atoms with Crippen molar-refractivity contribution >= 4 is 12.9 Å². The Morgan fingerprint density at radius 1 is 1.12 bits per heavy atom. The Labute approximate surface area is 95.0 Å². The third kappa shape index (κ3) is 2.84. The Morgan fingerprint density at radius 3 is 2.56 bits per heavy atom. The summed E-state index contributed by atoms with van der Waals surface area (Å²) < 4.78 is 5.48. The molecule has 0 saturated carbocycles. The second kappa shape index (κ2) is 5.33. The topological polar surface area (TPSA) is 42.4 Å². The molecule has 2 rings (SSSR count). The maximum atomic E-state index is 8.73. The minimum atomic E-state index is 0.496. The lowest BCUT2D eigenvalue weighted by atomic mass is 9.91. The SMILES string of the molecule is O[B]c1ccc(OCc2ccccc2)nc1. The molecule has 1 aromatic carbocycles. The van der Waals surface area contributed by atoms with Gasteiger partial charge in [-0.25, -0.2) is 4.98 Å². The molecule has 0 atom stereocenters. The first-order chi connectivity index (χ1) is 7.88. The van der Waals surface area contributed by atoms with Gasteiger partial charge in [0.1, 0.15) is 6.61 Å². The molecule has 0 saturated heterocycles. The van der Waals surface area contributed by atoms with Gasteiger partial charge in [-0.05, 0) is 17.1 Å². The normalized spacial score (nSPS) is 9.81. The molecule has 3 nitrogen and oxygen atoms in total. The number of hydrogen-bond acceptors (Lipinski definition) is 3. The van der Waals surface area contributed by atoms with Crippen LogP contribution in [-0.2, 0) is 6.61 Å². The lowest BCUT2D eigenvalue weighted by Crippen LogP contribution is -2.13. The van der Waals surface area contributed by atoms with Gasteiger partial charge in [0, 0.05) is 6.20 Å². The molecule has 79 valence electrons. The predicted molar refractivity (Wildman–Crippen MR) is 62.6 cm³/mol. The summed E-state index contributed by atoms with van der Waals surface area (Å²) in [5, 5.41) is 8.73. The molecule has 0 unspecified atom stereocenters. The molecular formula is C12H11BNO2. The summed E-state index contributed by atoms with van der Waals surface area (Å²) in [7, 11) is 1.01. The number of benzene rings is 1. The molecule has 0 aliphatic carbocycles. The number of aromatic nitrogens is 1. The van der Waals surface area contributed by atoms with Crippen molar-refractivity contribution in [3.8, 4) is 5.88 Å². The maximum absolute atomic E-state index is 8.73. The number of hydrogen-bond donors (Lipinski definition) is 1. The lowest BCUT2D eigenvalue weighted by Gasteiger charge is -2.05. The molecule has 1 aromatic heterocycles. The minimum Gasteiger partial charge on any atom is -0.473 e. The monoisotopic (exact) mass is 212 g/mol. The van der Waals surface area contributed by atoms with Crippen LogP contribution in [0.5, 0.6) is 5.88 Å². The summed E-state index contributed by atoms with van der Waals surface area (Å²) in [6, 6.07) is 13.4. The summed E-state index contributed by atoms with van der Waals surface area (Å²) in [5.74, 6) is 0.550. The van der Waals surface area contributed by atoms with Crippen molar-refractivity contribution in [1.29, 1.82) is 0 Å². The highest BCUT2D eigenvalue weighted by molar-refractivity contribution is 6.45. The van der Waals surface area contributed by atoms with Gasteiger partial charge in [0.15, 0.2) is 0 Å². The molecule has 0 aliphatic rings. The standard InChI is InChI=1S/C12H11BNO2/c15-13-11-6-7-12(14-8-11)16-9-10-4-2-1-3-5-10/h1-8,15H,9H2. The molecule has 2 aromatic rings. The third-order valence-corrected chi connectivity index (χ3v) is 2.14. The van der Waals surface area contributed by atoms with Gasteiger partial charge in [-0.3, -0.25) is 0 Å². The summed E-state index contributed by atoms with van der Waals surface area (Å²) in [5.41, 5.74) is 1.76. The maximum Gasteiger partial charge on any atom is 0.328 e. The van der Waals surface area contributed by atoms with E-state index in [2.05, 4.69) is 4.98 Å². The Morgan fingerprint density at radius 2 is 1.94 bits per heavy atom. The average Bonchev–Trinajstić information content (AvgIpc) is 2.38. The first-order valence-corrected chi connectivity index (χ1v) is 4.99. The molecule has 4 heteroatoms. The van der Waals surface area contributed by atoms with E-state index in [1.807, 2.05) is 30.3 Å². The van der Waals surface area contributed by atoms with E-state index in [1.165, 1.54) is 0 Å². The van der Waals surface area contributed by atoms with Crippen molar-refractivity contribution in [2.75, 3.05) is 0 Å². The lowest BCUT2D eigenvalue weighted by molar-refractivity contribution is 0.294. The average molecular weight is 212 g/mol. The zero-order chi connectivity index (χ0) is 11.2. The van der Waals surface area contributed by atoms with Crippen molar-refractivity contribution in [3.05, 3.63) is 54.2 Å². The van der Waals surface area contributed by atoms with Crippen LogP contribution in [0.1, 0.15) is 5.56 Å². The van der Waals surface area contributed by atoms with Crippen LogP contribution in [-0.4, -0.2) is 17.5 Å². The second-order valence-electron chi connectivity index (χ2n) is 3.33. The van der Waals surface area contributed by atoms with E-state index >= 15 is 0 Å². The van der Waals surface area contributed by atoms with Crippen LogP contribution in [0.4, 0.5) is 0 Å². The zero-order valence-corrected chi connectivity index (χ0v) is 8.71. The zero-order valence-electron chi connectivity index (χ0n) is 8.71. The van der Waals surface area contributed by atoms with Gasteiger partial charge in [0.25, 0.3) is 0 Å². The Bertz CT molecular complexity index is 431.